The predicted molar refractivity (Wildman–Crippen MR) is 94.9 cm³/mol. The van der Waals surface area contributed by atoms with Crippen LogP contribution in [0.5, 0.6) is 0 Å². The van der Waals surface area contributed by atoms with Crippen molar-refractivity contribution in [2.45, 2.75) is 18.9 Å². The minimum Gasteiger partial charge on any atom is -0.481 e. The fourth-order valence-electron chi connectivity index (χ4n) is 3.48. The fourth-order valence-corrected chi connectivity index (χ4v) is 3.73. The summed E-state index contributed by atoms with van der Waals surface area (Å²) in [6, 6.07) is 5.42. The summed E-state index contributed by atoms with van der Waals surface area (Å²) in [4.78, 5) is 26.4. The third-order valence-corrected chi connectivity index (χ3v) is 5.30. The number of carbonyl (C=O) groups excluding carboxylic acids is 1. The topological polar surface area (TPSA) is 95.7 Å². The average Bonchev–Trinajstić information content (AvgIpc) is 2.96. The zero-order valence-corrected chi connectivity index (χ0v) is 15.4. The fraction of sp³-hybridized carbons (Fsp3) is 0.389. The molecule has 0 bridgehead atoms. The van der Waals surface area contributed by atoms with E-state index in [1.807, 2.05) is 0 Å². The minimum atomic E-state index is -1.60. The molecule has 2 heterocycles. The van der Waals surface area contributed by atoms with Crippen molar-refractivity contribution >= 4 is 23.5 Å². The Labute approximate surface area is 160 Å². The van der Waals surface area contributed by atoms with Crippen LogP contribution in [0.4, 0.5) is 4.39 Å². The summed E-state index contributed by atoms with van der Waals surface area (Å²) in [7, 11) is 1.57. The maximum atomic E-state index is 13.2. The number of aliphatic carboxylic acids is 1. The number of amides is 1. The van der Waals surface area contributed by atoms with Crippen LogP contribution in [0, 0.1) is 11.2 Å². The number of carboxylic acids is 1. The van der Waals surface area contributed by atoms with Gasteiger partial charge in [-0.1, -0.05) is 23.7 Å². The number of benzene rings is 1. The van der Waals surface area contributed by atoms with Crippen LogP contribution in [-0.2, 0) is 18.3 Å². The highest BCUT2D eigenvalue weighted by Gasteiger charge is 2.50. The third kappa shape index (κ3) is 3.54. The van der Waals surface area contributed by atoms with E-state index in [4.69, 9.17) is 11.6 Å². The van der Waals surface area contributed by atoms with E-state index in [2.05, 4.69) is 5.10 Å². The van der Waals surface area contributed by atoms with E-state index in [1.165, 1.54) is 40.0 Å². The van der Waals surface area contributed by atoms with Crippen molar-refractivity contribution in [3.63, 3.8) is 0 Å². The van der Waals surface area contributed by atoms with Crippen LogP contribution in [0.1, 0.15) is 22.5 Å². The van der Waals surface area contributed by atoms with E-state index >= 15 is 0 Å². The Bertz CT molecular complexity index is 850. The van der Waals surface area contributed by atoms with Gasteiger partial charge in [-0.2, -0.15) is 5.10 Å². The van der Waals surface area contributed by atoms with Crippen molar-refractivity contribution in [2.24, 2.45) is 12.5 Å². The molecule has 0 radical (unpaired) electrons. The number of carboxylic acid groups (broad SMARTS) is 1. The van der Waals surface area contributed by atoms with Crippen molar-refractivity contribution in [1.82, 2.24) is 14.7 Å². The standard InChI is InChI=1S/C18H19ClFN3O4/c1-22-15(13(19)9-21-22)16(25)23-7-6-14(24)18(10-23,17(26)27)8-11-2-4-12(20)5-3-11/h2-5,9,14,24H,6-8,10H2,1H3,(H,26,27)/t14-,18+/m0/s1. The summed E-state index contributed by atoms with van der Waals surface area (Å²) in [5, 5.41) is 24.5. The molecule has 0 aliphatic carbocycles. The Morgan fingerprint density at radius 2 is 2.04 bits per heavy atom. The van der Waals surface area contributed by atoms with E-state index in [9.17, 15) is 24.2 Å². The summed E-state index contributed by atoms with van der Waals surface area (Å²) in [5.41, 5.74) is -0.878. The van der Waals surface area contributed by atoms with Crippen LogP contribution in [0.15, 0.2) is 30.5 Å². The van der Waals surface area contributed by atoms with Gasteiger partial charge in [-0.05, 0) is 30.5 Å². The molecule has 2 aromatic rings. The van der Waals surface area contributed by atoms with Gasteiger partial charge in [0.1, 0.15) is 16.9 Å². The molecule has 1 aromatic heterocycles. The SMILES string of the molecule is Cn1ncc(Cl)c1C(=O)N1CC[C@H](O)[C@](Cc2ccc(F)cc2)(C(=O)O)C1. The summed E-state index contributed by atoms with van der Waals surface area (Å²) in [6.07, 6.45) is 0.267. The van der Waals surface area contributed by atoms with Gasteiger partial charge in [-0.25, -0.2) is 4.39 Å². The smallest absolute Gasteiger partial charge is 0.314 e. The zero-order chi connectivity index (χ0) is 19.8. The van der Waals surface area contributed by atoms with Gasteiger partial charge in [-0.3, -0.25) is 14.3 Å². The molecule has 2 atom stereocenters. The molecule has 1 amide bonds. The molecule has 1 fully saturated rings. The maximum Gasteiger partial charge on any atom is 0.314 e. The molecular weight excluding hydrogens is 377 g/mol. The second kappa shape index (κ2) is 7.28. The van der Waals surface area contributed by atoms with Gasteiger partial charge in [0, 0.05) is 20.1 Å². The van der Waals surface area contributed by atoms with Gasteiger partial charge >= 0.3 is 5.97 Å². The van der Waals surface area contributed by atoms with Crippen LogP contribution in [-0.4, -0.2) is 56.0 Å². The Morgan fingerprint density at radius 3 is 2.59 bits per heavy atom. The number of aliphatic hydroxyl groups is 1. The molecule has 27 heavy (non-hydrogen) atoms. The number of hydrogen-bond donors (Lipinski definition) is 2. The lowest BCUT2D eigenvalue weighted by molar-refractivity contribution is -0.161. The molecule has 0 saturated carbocycles. The molecule has 0 unspecified atom stereocenters. The first kappa shape index (κ1) is 19.3. The van der Waals surface area contributed by atoms with Crippen LogP contribution in [0.2, 0.25) is 5.02 Å². The Kier molecular flexibility index (Phi) is 5.21. The van der Waals surface area contributed by atoms with Gasteiger partial charge in [0.15, 0.2) is 0 Å². The molecule has 0 spiro atoms. The maximum absolute atomic E-state index is 13.2. The van der Waals surface area contributed by atoms with Crippen LogP contribution in [0.3, 0.4) is 0 Å². The number of carbonyl (C=O) groups is 2. The molecule has 7 nitrogen and oxygen atoms in total. The summed E-state index contributed by atoms with van der Waals surface area (Å²) in [5.74, 6) is -2.10. The monoisotopic (exact) mass is 395 g/mol. The van der Waals surface area contributed by atoms with Crippen molar-refractivity contribution in [2.75, 3.05) is 13.1 Å². The number of rotatable bonds is 4. The number of aromatic nitrogens is 2. The molecular formula is C18H19ClFN3O4. The number of nitrogens with zero attached hydrogens (tertiary/aromatic N) is 3. The lowest BCUT2D eigenvalue weighted by Crippen LogP contribution is -2.58. The van der Waals surface area contributed by atoms with E-state index in [0.717, 1.165) is 0 Å². The Balaban J connectivity index is 1.92. The number of aliphatic hydroxyl groups excluding tert-OH is 1. The van der Waals surface area contributed by atoms with Crippen LogP contribution >= 0.6 is 11.6 Å². The third-order valence-electron chi connectivity index (χ3n) is 5.03. The number of aryl methyl sites for hydroxylation is 1. The first-order valence-electron chi connectivity index (χ1n) is 8.37. The van der Waals surface area contributed by atoms with E-state index in [1.54, 1.807) is 7.05 Å². The molecule has 3 rings (SSSR count). The normalized spacial score (nSPS) is 22.7. The minimum absolute atomic E-state index is 0.0350. The predicted octanol–water partition coefficient (Wildman–Crippen LogP) is 1.73. The Morgan fingerprint density at radius 1 is 1.37 bits per heavy atom. The lowest BCUT2D eigenvalue weighted by Gasteiger charge is -2.43. The van der Waals surface area contributed by atoms with Gasteiger partial charge in [0.2, 0.25) is 0 Å². The number of likely N-dealkylation sites (tertiary alicyclic amines) is 1. The highest BCUT2D eigenvalue weighted by molar-refractivity contribution is 6.33. The molecule has 2 N–H and O–H groups in total. The molecule has 144 valence electrons. The van der Waals surface area contributed by atoms with E-state index < -0.39 is 29.2 Å². The molecule has 9 heteroatoms. The van der Waals surface area contributed by atoms with E-state index in [0.29, 0.717) is 5.56 Å². The highest BCUT2D eigenvalue weighted by Crippen LogP contribution is 2.35. The molecule has 1 saturated heterocycles. The molecule has 1 aliphatic rings. The second-order valence-electron chi connectivity index (χ2n) is 6.76. The summed E-state index contributed by atoms with van der Waals surface area (Å²) < 4.78 is 14.5. The highest BCUT2D eigenvalue weighted by atomic mass is 35.5. The van der Waals surface area contributed by atoms with Gasteiger partial charge in [0.05, 0.1) is 17.3 Å². The van der Waals surface area contributed by atoms with Crippen LogP contribution in [0.25, 0.3) is 0 Å². The quantitative estimate of drug-likeness (QED) is 0.822. The Hall–Kier alpha value is -2.45. The molecule has 1 aromatic carbocycles. The van der Waals surface area contributed by atoms with Crippen LogP contribution < -0.4 is 0 Å². The number of piperidine rings is 1. The summed E-state index contributed by atoms with van der Waals surface area (Å²) in [6.45, 7) is 0.00117. The van der Waals surface area contributed by atoms with Gasteiger partial charge in [-0.15, -0.1) is 0 Å². The lowest BCUT2D eigenvalue weighted by atomic mass is 9.72. The largest absolute Gasteiger partial charge is 0.481 e. The average molecular weight is 396 g/mol. The van der Waals surface area contributed by atoms with Crippen molar-refractivity contribution in [1.29, 1.82) is 0 Å². The first-order chi connectivity index (χ1) is 12.7. The zero-order valence-electron chi connectivity index (χ0n) is 14.6. The summed E-state index contributed by atoms with van der Waals surface area (Å²) >= 11 is 6.03. The van der Waals surface area contributed by atoms with Gasteiger partial charge < -0.3 is 15.1 Å². The first-order valence-corrected chi connectivity index (χ1v) is 8.75. The number of hydrogen-bond acceptors (Lipinski definition) is 4. The van der Waals surface area contributed by atoms with Crippen molar-refractivity contribution in [3.8, 4) is 0 Å². The number of halogens is 2. The van der Waals surface area contributed by atoms with E-state index in [-0.39, 0.29) is 36.6 Å². The van der Waals surface area contributed by atoms with Crippen molar-refractivity contribution < 1.29 is 24.2 Å². The molecule has 1 aliphatic heterocycles. The van der Waals surface area contributed by atoms with Crippen molar-refractivity contribution in [3.05, 3.63) is 52.6 Å². The second-order valence-corrected chi connectivity index (χ2v) is 7.17. The van der Waals surface area contributed by atoms with Gasteiger partial charge in [0.25, 0.3) is 5.91 Å².